The molecule has 3 atom stereocenters. The fourth-order valence-electron chi connectivity index (χ4n) is 3.11. The number of benzene rings is 1. The highest BCUT2D eigenvalue weighted by molar-refractivity contribution is 7.92. The van der Waals surface area contributed by atoms with E-state index in [4.69, 9.17) is 11.6 Å². The second-order valence-electron chi connectivity index (χ2n) is 5.21. The van der Waals surface area contributed by atoms with Crippen LogP contribution in [0.4, 0.5) is 0 Å². The van der Waals surface area contributed by atoms with Crippen molar-refractivity contribution in [2.45, 2.75) is 47.9 Å². The first-order valence-corrected chi connectivity index (χ1v) is 8.24. The van der Waals surface area contributed by atoms with Crippen molar-refractivity contribution < 1.29 is 8.42 Å². The molecule has 3 rings (SSSR count). The van der Waals surface area contributed by atoms with Crippen LogP contribution in [0.25, 0.3) is 0 Å². The number of hydrogen-bond donors (Lipinski definition) is 1. The van der Waals surface area contributed by atoms with Crippen molar-refractivity contribution in [1.82, 2.24) is 5.32 Å². The highest BCUT2D eigenvalue weighted by atomic mass is 35.5. The van der Waals surface area contributed by atoms with E-state index in [1.54, 1.807) is 24.3 Å². The number of hydrogen-bond acceptors (Lipinski definition) is 3. The van der Waals surface area contributed by atoms with Crippen molar-refractivity contribution in [3.8, 4) is 0 Å². The van der Waals surface area contributed by atoms with Gasteiger partial charge in [-0.15, -0.1) is 12.4 Å². The summed E-state index contributed by atoms with van der Waals surface area (Å²) in [6, 6.07) is 7.48. The van der Waals surface area contributed by atoms with Gasteiger partial charge in [0, 0.05) is 12.1 Å². The Morgan fingerprint density at radius 2 is 1.68 bits per heavy atom. The topological polar surface area (TPSA) is 46.2 Å². The van der Waals surface area contributed by atoms with E-state index in [2.05, 4.69) is 5.32 Å². The molecular formula is C13H17Cl2NO2S. The summed E-state index contributed by atoms with van der Waals surface area (Å²) in [5.74, 6) is 0. The lowest BCUT2D eigenvalue weighted by atomic mass is 10.1. The molecule has 0 amide bonds. The molecule has 2 bridgehead atoms. The third-order valence-electron chi connectivity index (χ3n) is 4.01. The van der Waals surface area contributed by atoms with Gasteiger partial charge in [0.2, 0.25) is 0 Å². The fraction of sp³-hybridized carbons (Fsp3) is 0.538. The number of rotatable bonds is 2. The Morgan fingerprint density at radius 1 is 1.11 bits per heavy atom. The van der Waals surface area contributed by atoms with Gasteiger partial charge in [-0.05, 0) is 37.8 Å². The highest BCUT2D eigenvalue weighted by Gasteiger charge is 2.40. The highest BCUT2D eigenvalue weighted by Crippen LogP contribution is 2.35. The molecule has 2 heterocycles. The van der Waals surface area contributed by atoms with Crippen LogP contribution < -0.4 is 5.32 Å². The molecule has 3 nitrogen and oxygen atoms in total. The van der Waals surface area contributed by atoms with Crippen LogP contribution in [-0.2, 0) is 9.84 Å². The van der Waals surface area contributed by atoms with Gasteiger partial charge in [-0.2, -0.15) is 0 Å². The number of fused-ring (bicyclic) bond motifs is 2. The van der Waals surface area contributed by atoms with Crippen molar-refractivity contribution in [1.29, 1.82) is 0 Å². The molecule has 19 heavy (non-hydrogen) atoms. The molecule has 2 fully saturated rings. The molecule has 1 N–H and O–H groups in total. The SMILES string of the molecule is Cl.O=S(=O)(c1ccccc1Cl)C1C[C@H]2CC[C@@H](C1)N2. The molecule has 1 aromatic carbocycles. The summed E-state index contributed by atoms with van der Waals surface area (Å²) in [5, 5.41) is 3.52. The van der Waals surface area contributed by atoms with Crippen LogP contribution in [0.1, 0.15) is 25.7 Å². The zero-order valence-electron chi connectivity index (χ0n) is 10.4. The largest absolute Gasteiger partial charge is 0.311 e. The first-order chi connectivity index (χ1) is 8.57. The van der Waals surface area contributed by atoms with E-state index in [1.165, 1.54) is 0 Å². The lowest BCUT2D eigenvalue weighted by Gasteiger charge is -2.29. The Bertz CT molecular complexity index is 550. The van der Waals surface area contributed by atoms with E-state index < -0.39 is 9.84 Å². The molecule has 2 saturated heterocycles. The number of nitrogens with one attached hydrogen (secondary N) is 1. The Labute approximate surface area is 125 Å². The summed E-state index contributed by atoms with van der Waals surface area (Å²) >= 11 is 6.02. The normalized spacial score (nSPS) is 29.8. The summed E-state index contributed by atoms with van der Waals surface area (Å²) in [5.41, 5.74) is 0. The molecule has 0 saturated carbocycles. The van der Waals surface area contributed by atoms with Gasteiger partial charge in [0.1, 0.15) is 0 Å². The minimum Gasteiger partial charge on any atom is -0.311 e. The second-order valence-corrected chi connectivity index (χ2v) is 7.81. The van der Waals surface area contributed by atoms with Crippen molar-refractivity contribution in [2.75, 3.05) is 0 Å². The predicted molar refractivity (Wildman–Crippen MR) is 78.9 cm³/mol. The first kappa shape index (κ1) is 15.1. The van der Waals surface area contributed by atoms with Crippen LogP contribution in [0.5, 0.6) is 0 Å². The van der Waals surface area contributed by atoms with Gasteiger partial charge in [0.25, 0.3) is 0 Å². The summed E-state index contributed by atoms with van der Waals surface area (Å²) in [6.45, 7) is 0. The Morgan fingerprint density at radius 3 is 2.26 bits per heavy atom. The molecule has 0 spiro atoms. The van der Waals surface area contributed by atoms with E-state index >= 15 is 0 Å². The zero-order valence-corrected chi connectivity index (χ0v) is 12.8. The smallest absolute Gasteiger partial charge is 0.182 e. The average molecular weight is 322 g/mol. The van der Waals surface area contributed by atoms with E-state index in [-0.39, 0.29) is 22.6 Å². The third kappa shape index (κ3) is 2.77. The summed E-state index contributed by atoms with van der Waals surface area (Å²) in [6.07, 6.45) is 3.62. The third-order valence-corrected chi connectivity index (χ3v) is 6.69. The van der Waals surface area contributed by atoms with Gasteiger partial charge in [0.05, 0.1) is 15.2 Å². The minimum absolute atomic E-state index is 0. The van der Waals surface area contributed by atoms with Crippen molar-refractivity contribution in [3.05, 3.63) is 29.3 Å². The van der Waals surface area contributed by atoms with Crippen LogP contribution in [0.3, 0.4) is 0 Å². The number of piperidine rings is 1. The van der Waals surface area contributed by atoms with Gasteiger partial charge in [-0.3, -0.25) is 0 Å². The second kappa shape index (κ2) is 5.60. The van der Waals surface area contributed by atoms with E-state index in [1.807, 2.05) is 0 Å². The minimum atomic E-state index is -3.29. The Balaban J connectivity index is 0.00000133. The van der Waals surface area contributed by atoms with Crippen LogP contribution in [-0.4, -0.2) is 25.8 Å². The van der Waals surface area contributed by atoms with Crippen molar-refractivity contribution in [3.63, 3.8) is 0 Å². The molecule has 0 radical (unpaired) electrons. The monoisotopic (exact) mass is 321 g/mol. The number of halogens is 2. The summed E-state index contributed by atoms with van der Waals surface area (Å²) in [4.78, 5) is 0.290. The summed E-state index contributed by atoms with van der Waals surface area (Å²) < 4.78 is 25.2. The molecule has 0 aromatic heterocycles. The van der Waals surface area contributed by atoms with E-state index in [9.17, 15) is 8.42 Å². The lowest BCUT2D eigenvalue weighted by Crippen LogP contribution is -2.43. The van der Waals surface area contributed by atoms with Gasteiger partial charge in [-0.25, -0.2) is 8.42 Å². The molecule has 0 aliphatic carbocycles. The molecule has 6 heteroatoms. The lowest BCUT2D eigenvalue weighted by molar-refractivity contribution is 0.401. The first-order valence-electron chi connectivity index (χ1n) is 6.32. The molecule has 2 aliphatic rings. The van der Waals surface area contributed by atoms with Crippen LogP contribution in [0.15, 0.2) is 29.2 Å². The van der Waals surface area contributed by atoms with Crippen LogP contribution >= 0.6 is 24.0 Å². The van der Waals surface area contributed by atoms with Crippen LogP contribution in [0, 0.1) is 0 Å². The molecule has 106 valence electrons. The number of sulfone groups is 1. The Hall–Kier alpha value is -0.290. The quantitative estimate of drug-likeness (QED) is 0.911. The predicted octanol–water partition coefficient (Wildman–Crippen LogP) is 2.82. The maximum Gasteiger partial charge on any atom is 0.182 e. The molecule has 1 unspecified atom stereocenters. The summed E-state index contributed by atoms with van der Waals surface area (Å²) in [7, 11) is -3.29. The molecule has 2 aliphatic heterocycles. The fourth-order valence-corrected chi connectivity index (χ4v) is 5.51. The van der Waals surface area contributed by atoms with E-state index in [0.717, 1.165) is 12.8 Å². The van der Waals surface area contributed by atoms with Gasteiger partial charge >= 0.3 is 0 Å². The Kier molecular flexibility index (Phi) is 4.45. The molecule has 1 aromatic rings. The van der Waals surface area contributed by atoms with Crippen molar-refractivity contribution in [2.24, 2.45) is 0 Å². The van der Waals surface area contributed by atoms with Gasteiger partial charge in [-0.1, -0.05) is 23.7 Å². The maximum atomic E-state index is 12.6. The zero-order chi connectivity index (χ0) is 12.8. The van der Waals surface area contributed by atoms with Gasteiger partial charge in [0.15, 0.2) is 9.84 Å². The van der Waals surface area contributed by atoms with Crippen LogP contribution in [0.2, 0.25) is 5.02 Å². The average Bonchev–Trinajstić information content (AvgIpc) is 2.68. The molecular weight excluding hydrogens is 305 g/mol. The van der Waals surface area contributed by atoms with E-state index in [0.29, 0.717) is 29.9 Å². The van der Waals surface area contributed by atoms with Crippen molar-refractivity contribution >= 4 is 33.8 Å². The van der Waals surface area contributed by atoms with Gasteiger partial charge < -0.3 is 5.32 Å². The maximum absolute atomic E-state index is 12.6. The standard InChI is InChI=1S/C13H16ClNO2S.ClH/c14-12-3-1-2-4-13(12)18(16,17)11-7-9-5-6-10(8-11)15-9;/h1-4,9-11,15H,5-8H2;1H/t9-,10+,11?;.